The van der Waals surface area contributed by atoms with Crippen molar-refractivity contribution in [3.63, 3.8) is 0 Å². The Balaban J connectivity index is 2.03. The summed E-state index contributed by atoms with van der Waals surface area (Å²) in [4.78, 5) is 40.8. The maximum Gasteiger partial charge on any atom is 0.328 e. The molecule has 0 bridgehead atoms. The van der Waals surface area contributed by atoms with Gasteiger partial charge >= 0.3 is 5.69 Å². The Morgan fingerprint density at radius 3 is 2.91 bits per heavy atom. The van der Waals surface area contributed by atoms with Gasteiger partial charge in [-0.3, -0.25) is 14.2 Å². The molecule has 0 aliphatic rings. The predicted octanol–water partition coefficient (Wildman–Crippen LogP) is 0.939. The number of carbonyl (C=O) groups is 1. The van der Waals surface area contributed by atoms with E-state index in [1.165, 1.54) is 13.3 Å². The molecule has 3 aromatic rings. The summed E-state index contributed by atoms with van der Waals surface area (Å²) in [5.74, 6) is 0.346. The maximum absolute atomic E-state index is 12.7. The zero-order valence-electron chi connectivity index (χ0n) is 12.5. The van der Waals surface area contributed by atoms with Crippen molar-refractivity contribution in [2.24, 2.45) is 7.05 Å². The Hall–Kier alpha value is -2.68. The van der Waals surface area contributed by atoms with Crippen molar-refractivity contribution >= 4 is 28.5 Å². The number of aromatic nitrogens is 3. The normalized spacial score (nSPS) is 11.0. The van der Waals surface area contributed by atoms with Crippen LogP contribution in [0.25, 0.3) is 11.0 Å². The van der Waals surface area contributed by atoms with Crippen LogP contribution < -0.4 is 11.2 Å². The number of furan rings is 1. The average molecular weight is 334 g/mol. The van der Waals surface area contributed by atoms with Crippen molar-refractivity contribution in [2.45, 2.75) is 13.5 Å². The molecule has 0 saturated heterocycles. The number of hydrogen-bond donors (Lipinski definition) is 1. The largest absolute Gasteiger partial charge is 0.467 e. The van der Waals surface area contributed by atoms with Gasteiger partial charge in [-0.05, 0) is 30.6 Å². The number of nitrogens with zero attached hydrogens (tertiary/aromatic N) is 3. The van der Waals surface area contributed by atoms with Crippen LogP contribution in [0.5, 0.6) is 0 Å². The van der Waals surface area contributed by atoms with Crippen molar-refractivity contribution < 1.29 is 9.21 Å². The smallest absolute Gasteiger partial charge is 0.328 e. The molecule has 0 radical (unpaired) electrons. The lowest BCUT2D eigenvalue weighted by Gasteiger charge is -2.18. The molecule has 23 heavy (non-hydrogen) atoms. The summed E-state index contributed by atoms with van der Waals surface area (Å²) < 4.78 is 10.2. The first-order chi connectivity index (χ1) is 11.0. The number of aromatic amines is 1. The maximum atomic E-state index is 12.7. The lowest BCUT2D eigenvalue weighted by molar-refractivity contribution is 0.0748. The molecule has 0 spiro atoms. The van der Waals surface area contributed by atoms with Gasteiger partial charge in [-0.1, -0.05) is 0 Å². The molecule has 3 heterocycles. The number of amides is 1. The van der Waals surface area contributed by atoms with Gasteiger partial charge in [0.05, 0.1) is 18.3 Å². The Bertz CT molecular complexity index is 967. The van der Waals surface area contributed by atoms with E-state index < -0.39 is 11.2 Å². The molecule has 3 aromatic heterocycles. The quantitative estimate of drug-likeness (QED) is 0.765. The van der Waals surface area contributed by atoms with Crippen LogP contribution in [-0.2, 0) is 13.6 Å². The second-order valence-corrected chi connectivity index (χ2v) is 5.70. The third-order valence-electron chi connectivity index (χ3n) is 3.53. The molecule has 3 rings (SSSR count). The lowest BCUT2D eigenvalue weighted by atomic mass is 10.3. The lowest BCUT2D eigenvalue weighted by Crippen LogP contribution is -2.33. The van der Waals surface area contributed by atoms with Crippen molar-refractivity contribution in [1.29, 1.82) is 0 Å². The van der Waals surface area contributed by atoms with E-state index in [-0.39, 0.29) is 21.8 Å². The summed E-state index contributed by atoms with van der Waals surface area (Å²) in [7, 11) is 1.36. The minimum atomic E-state index is -0.578. The number of H-pyrrole nitrogens is 1. The van der Waals surface area contributed by atoms with E-state index in [9.17, 15) is 14.4 Å². The summed E-state index contributed by atoms with van der Waals surface area (Å²) in [5, 5.41) is 0. The summed E-state index contributed by atoms with van der Waals surface area (Å²) in [5.41, 5.74) is -0.820. The monoisotopic (exact) mass is 334 g/mol. The predicted molar refractivity (Wildman–Crippen MR) is 84.6 cm³/mol. The topological polar surface area (TPSA) is 101 Å². The van der Waals surface area contributed by atoms with Gasteiger partial charge in [0.25, 0.3) is 11.5 Å². The second-order valence-electron chi connectivity index (χ2n) is 4.93. The molecule has 0 unspecified atom stereocenters. The molecule has 120 valence electrons. The van der Waals surface area contributed by atoms with E-state index >= 15 is 0 Å². The fourth-order valence-corrected chi connectivity index (χ4v) is 3.00. The molecular formula is C14H14N4O4S. The van der Waals surface area contributed by atoms with Crippen molar-refractivity contribution in [3.05, 3.63) is 49.9 Å². The van der Waals surface area contributed by atoms with Gasteiger partial charge in [0, 0.05) is 13.6 Å². The van der Waals surface area contributed by atoms with E-state index in [4.69, 9.17) is 4.42 Å². The van der Waals surface area contributed by atoms with Gasteiger partial charge < -0.3 is 14.3 Å². The molecule has 1 amide bonds. The van der Waals surface area contributed by atoms with E-state index in [0.717, 1.165) is 16.1 Å². The molecule has 0 aliphatic carbocycles. The van der Waals surface area contributed by atoms with E-state index in [1.807, 2.05) is 6.92 Å². The summed E-state index contributed by atoms with van der Waals surface area (Å²) in [6.45, 7) is 2.59. The first-order valence-corrected chi connectivity index (χ1v) is 7.70. The van der Waals surface area contributed by atoms with E-state index in [0.29, 0.717) is 18.8 Å². The highest BCUT2D eigenvalue weighted by molar-refractivity contribution is 7.09. The van der Waals surface area contributed by atoms with Crippen molar-refractivity contribution in [1.82, 2.24) is 18.8 Å². The van der Waals surface area contributed by atoms with Crippen molar-refractivity contribution in [2.75, 3.05) is 6.54 Å². The SMILES string of the molecule is CCN(Cc1ccco1)C(=O)c1snc2c(=O)n(C)c(=O)[nH]c12. The third-order valence-corrected chi connectivity index (χ3v) is 4.36. The Morgan fingerprint density at radius 2 is 2.26 bits per heavy atom. The van der Waals surface area contributed by atoms with E-state index in [2.05, 4.69) is 9.36 Å². The molecule has 0 fully saturated rings. The highest BCUT2D eigenvalue weighted by Gasteiger charge is 2.23. The second kappa shape index (κ2) is 5.84. The number of fused-ring (bicyclic) bond motifs is 1. The molecule has 0 atom stereocenters. The molecule has 8 nitrogen and oxygen atoms in total. The summed E-state index contributed by atoms with van der Waals surface area (Å²) in [6.07, 6.45) is 1.54. The van der Waals surface area contributed by atoms with Crippen LogP contribution in [0, 0.1) is 0 Å². The minimum Gasteiger partial charge on any atom is -0.467 e. The van der Waals surface area contributed by atoms with Crippen LogP contribution in [-0.4, -0.2) is 31.3 Å². The third kappa shape index (κ3) is 2.59. The Labute approximate surface area is 134 Å². The van der Waals surface area contributed by atoms with Gasteiger partial charge in [-0.2, -0.15) is 4.37 Å². The van der Waals surface area contributed by atoms with Crippen LogP contribution in [0.1, 0.15) is 22.4 Å². The van der Waals surface area contributed by atoms with E-state index in [1.54, 1.807) is 17.0 Å². The first kappa shape index (κ1) is 15.2. The molecule has 0 aliphatic heterocycles. The zero-order valence-corrected chi connectivity index (χ0v) is 13.3. The summed E-state index contributed by atoms with van der Waals surface area (Å²) >= 11 is 0.904. The van der Waals surface area contributed by atoms with Gasteiger partial charge in [0.1, 0.15) is 10.6 Å². The number of nitrogens with one attached hydrogen (secondary N) is 1. The van der Waals surface area contributed by atoms with Gasteiger partial charge in [-0.25, -0.2) is 4.79 Å². The number of rotatable bonds is 4. The molecule has 0 saturated carbocycles. The molecule has 9 heteroatoms. The molecular weight excluding hydrogens is 320 g/mol. The Kier molecular flexibility index (Phi) is 3.87. The van der Waals surface area contributed by atoms with Crippen LogP contribution in [0.4, 0.5) is 0 Å². The van der Waals surface area contributed by atoms with Crippen molar-refractivity contribution in [3.8, 4) is 0 Å². The fraction of sp³-hybridized carbons (Fsp3) is 0.286. The molecule has 1 N–H and O–H groups in total. The highest BCUT2D eigenvalue weighted by Crippen LogP contribution is 2.20. The Morgan fingerprint density at radius 1 is 1.48 bits per heavy atom. The number of hydrogen-bond acceptors (Lipinski definition) is 6. The zero-order chi connectivity index (χ0) is 16.6. The minimum absolute atomic E-state index is 0.0921. The fourth-order valence-electron chi connectivity index (χ4n) is 2.20. The first-order valence-electron chi connectivity index (χ1n) is 6.93. The van der Waals surface area contributed by atoms with Crippen LogP contribution in [0.15, 0.2) is 32.4 Å². The number of carbonyl (C=O) groups excluding carboxylic acids is 1. The van der Waals surface area contributed by atoms with Crippen LogP contribution >= 0.6 is 11.5 Å². The highest BCUT2D eigenvalue weighted by atomic mass is 32.1. The summed E-state index contributed by atoms with van der Waals surface area (Å²) in [6, 6.07) is 3.52. The molecule has 0 aromatic carbocycles. The van der Waals surface area contributed by atoms with Gasteiger partial charge in [0.2, 0.25) is 0 Å². The van der Waals surface area contributed by atoms with Crippen LogP contribution in [0.3, 0.4) is 0 Å². The standard InChI is InChI=1S/C14H14N4O4S/c1-3-18(7-8-5-4-6-22-8)13(20)11-9-10(16-23-11)12(19)17(2)14(21)15-9/h4-6H,3,7H2,1-2H3,(H,15,21). The van der Waals surface area contributed by atoms with Gasteiger partial charge in [0.15, 0.2) is 5.52 Å². The van der Waals surface area contributed by atoms with Crippen LogP contribution in [0.2, 0.25) is 0 Å². The van der Waals surface area contributed by atoms with Gasteiger partial charge in [-0.15, -0.1) is 0 Å². The average Bonchev–Trinajstić information content (AvgIpc) is 3.19.